The van der Waals surface area contributed by atoms with Gasteiger partial charge in [-0.25, -0.2) is 4.79 Å². The Balaban J connectivity index is 2.10. The lowest BCUT2D eigenvalue weighted by Gasteiger charge is -2.37. The van der Waals surface area contributed by atoms with Gasteiger partial charge in [0.05, 0.1) is 19.1 Å². The predicted octanol–water partition coefficient (Wildman–Crippen LogP) is -0.195. The fourth-order valence-corrected chi connectivity index (χ4v) is 4.58. The van der Waals surface area contributed by atoms with Crippen LogP contribution in [0.5, 0.6) is 0 Å². The molecule has 122 valence electrons. The topological polar surface area (TPSA) is 108 Å². The highest BCUT2D eigenvalue weighted by Crippen LogP contribution is 2.65. The Morgan fingerprint density at radius 3 is 2.64 bits per heavy atom. The van der Waals surface area contributed by atoms with Crippen molar-refractivity contribution in [3.63, 3.8) is 0 Å². The lowest BCUT2D eigenvalue weighted by molar-refractivity contribution is -0.185. The van der Waals surface area contributed by atoms with Gasteiger partial charge in [-0.15, -0.1) is 6.58 Å². The number of Topliss-reactive ketones (excluding diaryl/α,β-unsaturated/α-hetero) is 1. The molecule has 0 bridgehead atoms. The van der Waals surface area contributed by atoms with Gasteiger partial charge in [-0.1, -0.05) is 6.08 Å². The van der Waals surface area contributed by atoms with Crippen LogP contribution in [0.4, 0.5) is 0 Å². The zero-order chi connectivity index (χ0) is 16.2. The Morgan fingerprint density at radius 1 is 1.45 bits per heavy atom. The highest BCUT2D eigenvalue weighted by atomic mass is 32.2. The maximum atomic E-state index is 12.9. The Morgan fingerprint density at radius 2 is 2.14 bits per heavy atom. The molecule has 1 saturated carbocycles. The minimum Gasteiger partial charge on any atom is -0.467 e. The van der Waals surface area contributed by atoms with E-state index in [0.717, 1.165) is 7.11 Å². The molecule has 9 heteroatoms. The van der Waals surface area contributed by atoms with E-state index >= 15 is 0 Å². The highest BCUT2D eigenvalue weighted by molar-refractivity contribution is 7.84. The van der Waals surface area contributed by atoms with Gasteiger partial charge in [0.25, 0.3) is 0 Å². The largest absolute Gasteiger partial charge is 0.467 e. The molecule has 0 aromatic heterocycles. The normalized spacial score (nSPS) is 38.1. The van der Waals surface area contributed by atoms with Crippen LogP contribution in [0.25, 0.3) is 0 Å². The van der Waals surface area contributed by atoms with Crippen molar-refractivity contribution in [1.82, 2.24) is 4.72 Å². The molecule has 2 atom stereocenters. The summed E-state index contributed by atoms with van der Waals surface area (Å²) >= 11 is 0. The van der Waals surface area contributed by atoms with Gasteiger partial charge in [0.15, 0.2) is 11.5 Å². The lowest BCUT2D eigenvalue weighted by Crippen LogP contribution is -2.59. The summed E-state index contributed by atoms with van der Waals surface area (Å²) in [5, 5.41) is 0. The number of methoxy groups -OCH3 is 1. The number of carbonyl (C=O) groups excluding carboxylic acids is 2. The summed E-state index contributed by atoms with van der Waals surface area (Å²) in [6.07, 6.45) is 2.35. The molecule has 3 fully saturated rings. The third-order valence-corrected chi connectivity index (χ3v) is 5.66. The van der Waals surface area contributed by atoms with E-state index in [4.69, 9.17) is 9.47 Å². The van der Waals surface area contributed by atoms with Crippen LogP contribution in [-0.2, 0) is 33.6 Å². The molecule has 1 aliphatic carbocycles. The van der Waals surface area contributed by atoms with Crippen molar-refractivity contribution in [3.05, 3.63) is 12.7 Å². The van der Waals surface area contributed by atoms with Gasteiger partial charge >= 0.3 is 16.3 Å². The first kappa shape index (κ1) is 15.6. The average Bonchev–Trinajstić information content (AvgIpc) is 3.23. The Bertz CT molecular complexity index is 653. The summed E-state index contributed by atoms with van der Waals surface area (Å²) in [5.41, 5.74) is -4.35. The number of hydrogen-bond acceptors (Lipinski definition) is 7. The maximum absolute atomic E-state index is 12.9. The molecule has 2 saturated heterocycles. The number of ketones is 1. The molecule has 3 aliphatic rings. The molecule has 1 unspecified atom stereocenters. The first-order valence-corrected chi connectivity index (χ1v) is 8.31. The van der Waals surface area contributed by atoms with Gasteiger partial charge < -0.3 is 9.47 Å². The number of nitrogens with one attached hydrogen (secondary N) is 1. The molecule has 1 N–H and O–H groups in total. The minimum absolute atomic E-state index is 0.0788. The molecule has 8 nitrogen and oxygen atoms in total. The van der Waals surface area contributed by atoms with Crippen LogP contribution in [0, 0.1) is 5.41 Å². The molecule has 22 heavy (non-hydrogen) atoms. The quantitative estimate of drug-likeness (QED) is 0.433. The summed E-state index contributed by atoms with van der Waals surface area (Å²) in [5.74, 6) is -1.29. The highest BCUT2D eigenvalue weighted by Gasteiger charge is 2.79. The van der Waals surface area contributed by atoms with E-state index in [1.807, 2.05) is 0 Å². The molecular weight excluding hydrogens is 314 g/mol. The van der Waals surface area contributed by atoms with Crippen molar-refractivity contribution in [1.29, 1.82) is 0 Å². The third-order valence-electron chi connectivity index (χ3n) is 4.60. The van der Waals surface area contributed by atoms with E-state index in [1.54, 1.807) is 0 Å². The Kier molecular flexibility index (Phi) is 3.27. The molecule has 0 aromatic carbocycles. The maximum Gasteiger partial charge on any atom is 0.346 e. The van der Waals surface area contributed by atoms with Crippen molar-refractivity contribution in [2.24, 2.45) is 5.41 Å². The number of carbonyl (C=O) groups is 2. The van der Waals surface area contributed by atoms with Crippen LogP contribution < -0.4 is 4.72 Å². The van der Waals surface area contributed by atoms with E-state index in [2.05, 4.69) is 15.5 Å². The molecule has 2 aliphatic heterocycles. The third kappa shape index (κ3) is 1.82. The molecular formula is C13H17NO7S. The average molecular weight is 331 g/mol. The SMILES string of the molecule is C=CC[C@@]1(C(=O)OC)OC2(CCOS(=O)(=O)N2)C2(CC2)C1=O. The van der Waals surface area contributed by atoms with E-state index < -0.39 is 38.8 Å². The summed E-state index contributed by atoms with van der Waals surface area (Å²) in [4.78, 5) is 25.2. The number of ether oxygens (including phenoxy) is 2. The van der Waals surface area contributed by atoms with Crippen LogP contribution in [0.3, 0.4) is 0 Å². The molecule has 0 radical (unpaired) electrons. The fraction of sp³-hybridized carbons (Fsp3) is 0.692. The number of hydrogen-bond donors (Lipinski definition) is 1. The van der Waals surface area contributed by atoms with Crippen LogP contribution in [0.2, 0.25) is 0 Å². The molecule has 3 rings (SSSR count). The summed E-state index contributed by atoms with van der Waals surface area (Å²) < 4.78 is 41.1. The number of esters is 1. The van der Waals surface area contributed by atoms with E-state index in [1.165, 1.54) is 6.08 Å². The van der Waals surface area contributed by atoms with Gasteiger partial charge in [0, 0.05) is 12.8 Å². The van der Waals surface area contributed by atoms with Gasteiger partial charge in [-0.3, -0.25) is 8.98 Å². The number of fused-ring (bicyclic) bond motifs is 1. The standard InChI is InChI=1S/C13H17NO7S/c1-3-4-12(10(16)19-2)9(15)11(5-6-11)13(21-12)7-8-20-22(17,18)14-13/h3,14H,1,4-8H2,2H3/t12-,13?/m1/s1. The zero-order valence-electron chi connectivity index (χ0n) is 12.1. The fourth-order valence-electron chi connectivity index (χ4n) is 3.47. The minimum atomic E-state index is -4.03. The lowest BCUT2D eigenvalue weighted by atomic mass is 9.82. The molecule has 2 heterocycles. The summed E-state index contributed by atoms with van der Waals surface area (Å²) in [7, 11) is -2.88. The first-order valence-electron chi connectivity index (χ1n) is 6.90. The summed E-state index contributed by atoms with van der Waals surface area (Å²) in [6, 6.07) is 0. The van der Waals surface area contributed by atoms with Crippen molar-refractivity contribution in [3.8, 4) is 0 Å². The van der Waals surface area contributed by atoms with E-state index in [0.29, 0.717) is 12.8 Å². The van der Waals surface area contributed by atoms with E-state index in [-0.39, 0.29) is 19.4 Å². The molecule has 0 amide bonds. The van der Waals surface area contributed by atoms with Gasteiger partial charge in [0.2, 0.25) is 5.60 Å². The van der Waals surface area contributed by atoms with Crippen LogP contribution in [0.15, 0.2) is 12.7 Å². The molecule has 2 spiro atoms. The van der Waals surface area contributed by atoms with Crippen molar-refractivity contribution in [2.75, 3.05) is 13.7 Å². The first-order chi connectivity index (χ1) is 10.3. The van der Waals surface area contributed by atoms with Gasteiger partial charge in [-0.05, 0) is 12.8 Å². The second kappa shape index (κ2) is 4.60. The van der Waals surface area contributed by atoms with Crippen LogP contribution in [-0.4, -0.2) is 45.2 Å². The second-order valence-electron chi connectivity index (χ2n) is 5.78. The van der Waals surface area contributed by atoms with Crippen LogP contribution >= 0.6 is 0 Å². The predicted molar refractivity (Wildman–Crippen MR) is 72.7 cm³/mol. The van der Waals surface area contributed by atoms with Gasteiger partial charge in [0.1, 0.15) is 0 Å². The van der Waals surface area contributed by atoms with Crippen molar-refractivity contribution < 1.29 is 31.7 Å². The number of rotatable bonds is 3. The smallest absolute Gasteiger partial charge is 0.346 e. The van der Waals surface area contributed by atoms with Gasteiger partial charge in [-0.2, -0.15) is 13.1 Å². The Hall–Kier alpha value is -1.29. The van der Waals surface area contributed by atoms with Crippen molar-refractivity contribution in [2.45, 2.75) is 37.0 Å². The summed E-state index contributed by atoms with van der Waals surface area (Å²) in [6.45, 7) is 3.43. The monoisotopic (exact) mass is 331 g/mol. The zero-order valence-corrected chi connectivity index (χ0v) is 12.9. The van der Waals surface area contributed by atoms with Crippen LogP contribution in [0.1, 0.15) is 25.7 Å². The molecule has 0 aromatic rings. The second-order valence-corrected chi connectivity index (χ2v) is 7.13. The van der Waals surface area contributed by atoms with Crippen molar-refractivity contribution >= 4 is 22.1 Å². The van der Waals surface area contributed by atoms with E-state index in [9.17, 15) is 18.0 Å². The Labute approximate surface area is 128 Å².